The monoisotopic (exact) mass is 422 g/mol. The first-order valence-electron chi connectivity index (χ1n) is 7.18. The second-order valence-corrected chi connectivity index (χ2v) is 8.01. The largest absolute Gasteiger partial charge is 0.449 e. The van der Waals surface area contributed by atoms with Crippen LogP contribution in [-0.4, -0.2) is 26.4 Å². The van der Waals surface area contributed by atoms with Crippen LogP contribution < -0.4 is 10.5 Å². The van der Waals surface area contributed by atoms with E-state index in [2.05, 4.69) is 5.32 Å². The molecule has 0 fully saturated rings. The summed E-state index contributed by atoms with van der Waals surface area (Å²) in [7, 11) is -3.96. The molecule has 1 amide bonds. The first-order chi connectivity index (χ1) is 12.4. The third-order valence-corrected chi connectivity index (χ3v) is 5.61. The van der Waals surface area contributed by atoms with Crippen molar-refractivity contribution < 1.29 is 35.9 Å². The highest BCUT2D eigenvalue weighted by atomic mass is 32.2. The number of anilines is 1. The Morgan fingerprint density at radius 3 is 2.30 bits per heavy atom. The Morgan fingerprint density at radius 2 is 1.81 bits per heavy atom. The molecular formula is C15H13F3N2O5S2. The van der Waals surface area contributed by atoms with Crippen molar-refractivity contribution in [2.75, 3.05) is 5.32 Å². The van der Waals surface area contributed by atoms with Crippen LogP contribution in [0.25, 0.3) is 0 Å². The molecule has 2 aromatic rings. The summed E-state index contributed by atoms with van der Waals surface area (Å²) in [6, 6.07) is 4.74. The summed E-state index contributed by atoms with van der Waals surface area (Å²) in [4.78, 5) is 24.0. The molecule has 1 aromatic heterocycles. The van der Waals surface area contributed by atoms with Crippen molar-refractivity contribution in [1.29, 1.82) is 0 Å². The van der Waals surface area contributed by atoms with Crippen LogP contribution in [0.3, 0.4) is 0 Å². The molecule has 0 aliphatic rings. The summed E-state index contributed by atoms with van der Waals surface area (Å²) < 4.78 is 64.6. The Bertz CT molecular complexity index is 953. The maximum Gasteiger partial charge on any atom is 0.416 e. The van der Waals surface area contributed by atoms with Crippen LogP contribution in [0.5, 0.6) is 0 Å². The highest BCUT2D eigenvalue weighted by Gasteiger charge is 2.30. The molecule has 146 valence electrons. The molecule has 1 atom stereocenters. The number of amides is 1. The number of nitrogens with one attached hydrogen (secondary N) is 1. The minimum atomic E-state index is -4.50. The fraction of sp³-hybridized carbons (Fsp3) is 0.200. The predicted molar refractivity (Wildman–Crippen MR) is 90.6 cm³/mol. The van der Waals surface area contributed by atoms with E-state index in [1.807, 2.05) is 0 Å². The van der Waals surface area contributed by atoms with E-state index < -0.39 is 39.7 Å². The van der Waals surface area contributed by atoms with Gasteiger partial charge in [-0.1, -0.05) is 0 Å². The Balaban J connectivity index is 1.99. The zero-order valence-corrected chi connectivity index (χ0v) is 15.2. The maximum absolute atomic E-state index is 12.5. The van der Waals surface area contributed by atoms with Crippen molar-refractivity contribution in [1.82, 2.24) is 0 Å². The second kappa shape index (κ2) is 7.66. The number of sulfonamides is 1. The van der Waals surface area contributed by atoms with Crippen LogP contribution in [-0.2, 0) is 25.7 Å². The molecular weight excluding hydrogens is 409 g/mol. The lowest BCUT2D eigenvalue weighted by atomic mass is 10.2. The number of alkyl halides is 3. The van der Waals surface area contributed by atoms with Gasteiger partial charge >= 0.3 is 12.1 Å². The van der Waals surface area contributed by atoms with Crippen LogP contribution in [0.1, 0.15) is 22.8 Å². The Hall–Kier alpha value is -2.44. The number of thiophene rings is 1. The lowest BCUT2D eigenvalue weighted by molar-refractivity contribution is -0.137. The van der Waals surface area contributed by atoms with E-state index in [0.29, 0.717) is 0 Å². The molecule has 1 aromatic carbocycles. The number of carbonyl (C=O) groups excluding carboxylic acids is 2. The van der Waals surface area contributed by atoms with Crippen LogP contribution >= 0.6 is 11.3 Å². The summed E-state index contributed by atoms with van der Waals surface area (Å²) in [6.07, 6.45) is -5.78. The first kappa shape index (κ1) is 20.9. The number of benzene rings is 1. The van der Waals surface area contributed by atoms with E-state index in [-0.39, 0.29) is 15.5 Å². The zero-order chi connectivity index (χ0) is 20.4. The van der Waals surface area contributed by atoms with Crippen molar-refractivity contribution in [3.63, 3.8) is 0 Å². The average molecular weight is 422 g/mol. The second-order valence-electron chi connectivity index (χ2n) is 5.31. The Kier molecular flexibility index (Phi) is 5.92. The molecule has 27 heavy (non-hydrogen) atoms. The summed E-state index contributed by atoms with van der Waals surface area (Å²) in [5, 5.41) is 8.46. The Labute approximate surface area is 156 Å². The van der Waals surface area contributed by atoms with E-state index in [0.717, 1.165) is 41.7 Å². The number of halogens is 3. The molecule has 12 heteroatoms. The highest BCUT2D eigenvalue weighted by Crippen LogP contribution is 2.29. The van der Waals surface area contributed by atoms with E-state index >= 15 is 0 Å². The van der Waals surface area contributed by atoms with Crippen LogP contribution in [0.2, 0.25) is 0 Å². The smallest absolute Gasteiger partial charge is 0.416 e. The predicted octanol–water partition coefficient (Wildman–Crippen LogP) is 2.60. The molecule has 0 saturated carbocycles. The van der Waals surface area contributed by atoms with E-state index in [1.165, 1.54) is 12.3 Å². The molecule has 7 nitrogen and oxygen atoms in total. The van der Waals surface area contributed by atoms with Gasteiger partial charge in [-0.15, -0.1) is 11.3 Å². The number of carbonyl (C=O) groups is 2. The molecule has 0 aliphatic heterocycles. The van der Waals surface area contributed by atoms with Crippen molar-refractivity contribution in [3.05, 3.63) is 46.8 Å². The van der Waals surface area contributed by atoms with Crippen LogP contribution in [0.4, 0.5) is 18.9 Å². The van der Waals surface area contributed by atoms with Gasteiger partial charge in [0.2, 0.25) is 10.0 Å². The minimum absolute atomic E-state index is 0.0861. The van der Waals surface area contributed by atoms with E-state index in [9.17, 15) is 31.2 Å². The normalized spacial score (nSPS) is 13.1. The molecule has 2 rings (SSSR count). The number of rotatable bonds is 5. The summed E-state index contributed by atoms with van der Waals surface area (Å²) in [6.45, 7) is 1.25. The third-order valence-electron chi connectivity index (χ3n) is 3.22. The van der Waals surface area contributed by atoms with Crippen molar-refractivity contribution in [2.45, 2.75) is 23.4 Å². The first-order valence-corrected chi connectivity index (χ1v) is 9.61. The molecule has 3 N–H and O–H groups in total. The molecule has 0 radical (unpaired) electrons. The number of nitrogens with two attached hydrogens (primary N) is 1. The number of ether oxygens (including phenoxy) is 1. The van der Waals surface area contributed by atoms with E-state index in [4.69, 9.17) is 9.88 Å². The summed E-state index contributed by atoms with van der Waals surface area (Å²) >= 11 is 0.720. The number of hydrogen-bond acceptors (Lipinski definition) is 6. The molecule has 1 unspecified atom stereocenters. The van der Waals surface area contributed by atoms with Crippen molar-refractivity contribution >= 4 is 38.9 Å². The van der Waals surface area contributed by atoms with Gasteiger partial charge in [-0.05, 0) is 37.3 Å². The zero-order valence-electron chi connectivity index (χ0n) is 13.6. The van der Waals surface area contributed by atoms with Gasteiger partial charge in [-0.3, -0.25) is 4.79 Å². The van der Waals surface area contributed by atoms with Gasteiger partial charge in [0, 0.05) is 11.1 Å². The van der Waals surface area contributed by atoms with Gasteiger partial charge in [0.1, 0.15) is 4.21 Å². The van der Waals surface area contributed by atoms with Gasteiger partial charge in [0.05, 0.1) is 11.1 Å². The number of primary sulfonamides is 1. The molecule has 0 saturated heterocycles. The quantitative estimate of drug-likeness (QED) is 0.719. The standard InChI is InChI=1S/C15H13F3N2O5S2/c1-8(25-14(22)9-6-12(26-7-9)27(19,23)24)13(21)20-11-4-2-10(3-5-11)15(16,17)18/h2-8H,1H3,(H,20,21)(H2,19,23,24). The lowest BCUT2D eigenvalue weighted by Crippen LogP contribution is -2.29. The van der Waals surface area contributed by atoms with Crippen molar-refractivity contribution in [3.8, 4) is 0 Å². The van der Waals surface area contributed by atoms with Gasteiger partial charge in [-0.2, -0.15) is 13.2 Å². The molecule has 0 spiro atoms. The molecule has 0 aliphatic carbocycles. The van der Waals surface area contributed by atoms with Crippen LogP contribution in [0, 0.1) is 0 Å². The summed E-state index contributed by atoms with van der Waals surface area (Å²) in [5.74, 6) is -1.72. The molecule has 0 bridgehead atoms. The summed E-state index contributed by atoms with van der Waals surface area (Å²) in [5.41, 5.74) is -0.885. The van der Waals surface area contributed by atoms with Gasteiger partial charge in [0.15, 0.2) is 6.10 Å². The van der Waals surface area contributed by atoms with Crippen molar-refractivity contribution in [2.24, 2.45) is 5.14 Å². The number of esters is 1. The van der Waals surface area contributed by atoms with Gasteiger partial charge in [-0.25, -0.2) is 18.4 Å². The topological polar surface area (TPSA) is 116 Å². The SMILES string of the molecule is CC(OC(=O)c1csc(S(N)(=O)=O)c1)C(=O)Nc1ccc(C(F)(F)F)cc1. The highest BCUT2D eigenvalue weighted by molar-refractivity contribution is 7.91. The Morgan fingerprint density at radius 1 is 1.22 bits per heavy atom. The fourth-order valence-electron chi connectivity index (χ4n) is 1.84. The fourth-order valence-corrected chi connectivity index (χ4v) is 3.42. The maximum atomic E-state index is 12.5. The third kappa shape index (κ3) is 5.52. The van der Waals surface area contributed by atoms with Crippen LogP contribution in [0.15, 0.2) is 39.9 Å². The minimum Gasteiger partial charge on any atom is -0.449 e. The number of hydrogen-bond donors (Lipinski definition) is 2. The average Bonchev–Trinajstić information content (AvgIpc) is 3.04. The van der Waals surface area contributed by atoms with Gasteiger partial charge in [0.25, 0.3) is 5.91 Å². The molecule has 1 heterocycles. The van der Waals surface area contributed by atoms with Gasteiger partial charge < -0.3 is 10.1 Å². The lowest BCUT2D eigenvalue weighted by Gasteiger charge is -2.13. The van der Waals surface area contributed by atoms with E-state index in [1.54, 1.807) is 0 Å².